The van der Waals surface area contributed by atoms with Gasteiger partial charge in [-0.2, -0.15) is 0 Å². The van der Waals surface area contributed by atoms with Crippen LogP contribution in [-0.2, 0) is 21.2 Å². The molecule has 162 valence electrons. The molecule has 0 radical (unpaired) electrons. The number of halogens is 2. The number of sulfone groups is 1. The van der Waals surface area contributed by atoms with E-state index in [0.29, 0.717) is 22.8 Å². The molecule has 1 aliphatic heterocycles. The van der Waals surface area contributed by atoms with Gasteiger partial charge in [-0.25, -0.2) is 12.8 Å². The molecule has 2 aromatic carbocycles. The number of rotatable bonds is 6. The second kappa shape index (κ2) is 8.94. The number of nitrogens with zero attached hydrogens (tertiary/aromatic N) is 1. The van der Waals surface area contributed by atoms with Crippen molar-refractivity contribution in [1.82, 2.24) is 4.90 Å². The quantitative estimate of drug-likeness (QED) is 0.661. The first-order valence-corrected chi connectivity index (χ1v) is 11.9. The van der Waals surface area contributed by atoms with Crippen LogP contribution in [0.3, 0.4) is 0 Å². The lowest BCUT2D eigenvalue weighted by Crippen LogP contribution is -2.46. The maximum absolute atomic E-state index is 13.6. The van der Waals surface area contributed by atoms with Crippen LogP contribution in [-0.4, -0.2) is 42.9 Å². The van der Waals surface area contributed by atoms with Crippen molar-refractivity contribution in [3.63, 3.8) is 0 Å². The highest BCUT2D eigenvalue weighted by atomic mass is 35.5. The lowest BCUT2D eigenvalue weighted by atomic mass is 10.1. The average molecular weight is 454 g/mol. The Morgan fingerprint density at radius 1 is 1.27 bits per heavy atom. The van der Waals surface area contributed by atoms with E-state index in [2.05, 4.69) is 0 Å². The second-order valence-electron chi connectivity index (χ2n) is 7.78. The molecule has 5 nitrogen and oxygen atoms in total. The van der Waals surface area contributed by atoms with E-state index in [1.807, 2.05) is 13.8 Å². The van der Waals surface area contributed by atoms with Crippen LogP contribution < -0.4 is 4.74 Å². The van der Waals surface area contributed by atoms with Gasteiger partial charge in [0.25, 0.3) is 5.91 Å². The van der Waals surface area contributed by atoms with Gasteiger partial charge in [-0.3, -0.25) is 4.79 Å². The molecule has 1 aliphatic rings. The van der Waals surface area contributed by atoms with E-state index < -0.39 is 27.8 Å². The Morgan fingerprint density at radius 3 is 2.50 bits per heavy atom. The summed E-state index contributed by atoms with van der Waals surface area (Å²) in [5.41, 5.74) is 2.27. The molecule has 2 aromatic rings. The van der Waals surface area contributed by atoms with Crippen LogP contribution in [0.2, 0.25) is 5.02 Å². The van der Waals surface area contributed by atoms with Crippen LogP contribution in [0.15, 0.2) is 36.4 Å². The Balaban J connectivity index is 1.83. The summed E-state index contributed by atoms with van der Waals surface area (Å²) >= 11 is 6.20. The molecule has 0 spiro atoms. The highest BCUT2D eigenvalue weighted by Gasteiger charge is 2.36. The fraction of sp³-hybridized carbons (Fsp3) is 0.409. The largest absolute Gasteiger partial charge is 0.481 e. The van der Waals surface area contributed by atoms with Crippen molar-refractivity contribution >= 4 is 27.3 Å². The lowest BCUT2D eigenvalue weighted by Gasteiger charge is -2.31. The van der Waals surface area contributed by atoms with Crippen molar-refractivity contribution < 1.29 is 22.3 Å². The van der Waals surface area contributed by atoms with Crippen molar-refractivity contribution in [2.45, 2.75) is 45.9 Å². The molecule has 1 heterocycles. The number of amides is 1. The number of hydrogen-bond acceptors (Lipinski definition) is 4. The first kappa shape index (κ1) is 22.6. The van der Waals surface area contributed by atoms with Crippen molar-refractivity contribution in [2.75, 3.05) is 11.5 Å². The minimum Gasteiger partial charge on any atom is -0.481 e. The number of aryl methyl sites for hydroxylation is 2. The molecule has 30 heavy (non-hydrogen) atoms. The number of hydrogen-bond donors (Lipinski definition) is 0. The molecule has 1 amide bonds. The third-order valence-electron chi connectivity index (χ3n) is 5.24. The summed E-state index contributed by atoms with van der Waals surface area (Å²) in [5, 5.41) is 0.644. The van der Waals surface area contributed by atoms with Crippen LogP contribution in [0.25, 0.3) is 0 Å². The van der Waals surface area contributed by atoms with E-state index in [1.54, 1.807) is 31.2 Å². The first-order chi connectivity index (χ1) is 14.1. The second-order valence-corrected chi connectivity index (χ2v) is 10.4. The highest BCUT2D eigenvalue weighted by Crippen LogP contribution is 2.27. The zero-order chi connectivity index (χ0) is 22.1. The summed E-state index contributed by atoms with van der Waals surface area (Å²) in [4.78, 5) is 14.8. The molecule has 0 bridgehead atoms. The van der Waals surface area contributed by atoms with Crippen LogP contribution in [0.1, 0.15) is 30.0 Å². The zero-order valence-electron chi connectivity index (χ0n) is 17.2. The third-order valence-corrected chi connectivity index (χ3v) is 7.59. The van der Waals surface area contributed by atoms with Crippen LogP contribution in [0.5, 0.6) is 5.75 Å². The van der Waals surface area contributed by atoms with Crippen molar-refractivity contribution in [3.05, 3.63) is 63.9 Å². The van der Waals surface area contributed by atoms with E-state index in [9.17, 15) is 17.6 Å². The van der Waals surface area contributed by atoms with Gasteiger partial charge in [0.05, 0.1) is 11.5 Å². The molecular weight excluding hydrogens is 429 g/mol. The molecule has 0 saturated carbocycles. The molecule has 0 unspecified atom stereocenters. The van der Waals surface area contributed by atoms with E-state index in [0.717, 1.165) is 11.1 Å². The van der Waals surface area contributed by atoms with Gasteiger partial charge < -0.3 is 9.64 Å². The van der Waals surface area contributed by atoms with Gasteiger partial charge in [-0.15, -0.1) is 0 Å². The van der Waals surface area contributed by atoms with Gasteiger partial charge >= 0.3 is 0 Å². The predicted molar refractivity (Wildman–Crippen MR) is 115 cm³/mol. The van der Waals surface area contributed by atoms with Crippen molar-refractivity contribution in [2.24, 2.45) is 0 Å². The molecular formula is C22H25ClFNO4S. The molecule has 0 aliphatic carbocycles. The Bertz CT molecular complexity index is 1030. The summed E-state index contributed by atoms with van der Waals surface area (Å²) in [6, 6.07) is 9.01. The normalized spacial score (nSPS) is 18.8. The van der Waals surface area contributed by atoms with Crippen LogP contribution >= 0.6 is 11.6 Å². The summed E-state index contributed by atoms with van der Waals surface area (Å²) in [5.74, 6) is -0.294. The molecule has 0 N–H and O–H groups in total. The maximum atomic E-state index is 13.6. The molecule has 3 rings (SSSR count). The van der Waals surface area contributed by atoms with Gasteiger partial charge in [0.15, 0.2) is 15.9 Å². The first-order valence-electron chi connectivity index (χ1n) is 9.74. The Morgan fingerprint density at radius 2 is 1.93 bits per heavy atom. The number of carbonyl (C=O) groups is 1. The minimum atomic E-state index is -3.20. The molecule has 0 aromatic heterocycles. The van der Waals surface area contributed by atoms with Gasteiger partial charge in [-0.05, 0) is 68.1 Å². The van der Waals surface area contributed by atoms with Crippen molar-refractivity contribution in [3.8, 4) is 5.75 Å². The molecule has 1 saturated heterocycles. The van der Waals surface area contributed by atoms with E-state index in [1.165, 1.54) is 17.0 Å². The lowest BCUT2D eigenvalue weighted by molar-refractivity contribution is -0.140. The summed E-state index contributed by atoms with van der Waals surface area (Å²) < 4.78 is 43.5. The smallest absolute Gasteiger partial charge is 0.263 e. The van der Waals surface area contributed by atoms with E-state index in [-0.39, 0.29) is 24.0 Å². The minimum absolute atomic E-state index is 0.0371. The molecule has 2 atom stereocenters. The molecule has 1 fully saturated rings. The number of carbonyl (C=O) groups excluding carboxylic acids is 1. The zero-order valence-corrected chi connectivity index (χ0v) is 18.8. The number of ether oxygens (including phenoxy) is 1. The van der Waals surface area contributed by atoms with Gasteiger partial charge in [0.1, 0.15) is 11.6 Å². The Labute approximate surface area is 181 Å². The SMILES string of the molecule is Cc1cc(O[C@H](C)C(=O)N(Cc2cccc(F)c2)[C@H]2CCS(=O)(=O)C2)cc(C)c1Cl. The monoisotopic (exact) mass is 453 g/mol. The van der Waals surface area contributed by atoms with E-state index in [4.69, 9.17) is 16.3 Å². The third kappa shape index (κ3) is 5.32. The predicted octanol–water partition coefficient (Wildman–Crippen LogP) is 4.08. The Kier molecular flexibility index (Phi) is 6.72. The van der Waals surface area contributed by atoms with Crippen molar-refractivity contribution in [1.29, 1.82) is 0 Å². The average Bonchev–Trinajstić information content (AvgIpc) is 3.03. The van der Waals surface area contributed by atoms with E-state index >= 15 is 0 Å². The fourth-order valence-electron chi connectivity index (χ4n) is 3.70. The number of benzene rings is 2. The van der Waals surface area contributed by atoms with Gasteiger partial charge in [0.2, 0.25) is 0 Å². The van der Waals surface area contributed by atoms with Gasteiger partial charge in [-0.1, -0.05) is 23.7 Å². The van der Waals surface area contributed by atoms with Crippen LogP contribution in [0.4, 0.5) is 4.39 Å². The topological polar surface area (TPSA) is 63.7 Å². The Hall–Kier alpha value is -2.12. The summed E-state index contributed by atoms with van der Waals surface area (Å²) in [6.45, 7) is 5.45. The fourth-order valence-corrected chi connectivity index (χ4v) is 5.54. The molecule has 8 heteroatoms. The standard InChI is InChI=1S/C22H25ClFNO4S/c1-14-9-20(10-15(2)21(14)23)29-16(3)22(26)25(19-7-8-30(27,28)13-19)12-17-5-4-6-18(24)11-17/h4-6,9-11,16,19H,7-8,12-13H2,1-3H3/t16-,19+/m1/s1. The van der Waals surface area contributed by atoms with Gasteiger partial charge in [0, 0.05) is 17.6 Å². The highest BCUT2D eigenvalue weighted by molar-refractivity contribution is 7.91. The summed E-state index contributed by atoms with van der Waals surface area (Å²) in [7, 11) is -3.20. The van der Waals surface area contributed by atoms with Crippen LogP contribution in [0, 0.1) is 19.7 Å². The summed E-state index contributed by atoms with van der Waals surface area (Å²) in [6.07, 6.45) is -0.489. The maximum Gasteiger partial charge on any atom is 0.263 e.